The second kappa shape index (κ2) is 5.21. The van der Waals surface area contributed by atoms with Crippen molar-refractivity contribution in [3.63, 3.8) is 0 Å². The number of rotatable bonds is 2. The van der Waals surface area contributed by atoms with Gasteiger partial charge >= 0.3 is 0 Å². The second-order valence-electron chi connectivity index (χ2n) is 5.52. The number of carbonyl (C=O) groups excluding carboxylic acids is 1. The van der Waals surface area contributed by atoms with Gasteiger partial charge < -0.3 is 5.32 Å². The molecule has 20 heavy (non-hydrogen) atoms. The highest BCUT2D eigenvalue weighted by molar-refractivity contribution is 6.02. The van der Waals surface area contributed by atoms with Crippen LogP contribution >= 0.6 is 0 Å². The molecule has 1 aliphatic rings. The molecule has 0 spiro atoms. The lowest BCUT2D eigenvalue weighted by Gasteiger charge is -2.19. The first-order valence-corrected chi connectivity index (χ1v) is 7.01. The number of pyridine rings is 1. The first kappa shape index (κ1) is 13.1. The van der Waals surface area contributed by atoms with E-state index in [1.54, 1.807) is 6.20 Å². The minimum atomic E-state index is -0.0192. The number of hydrogen-bond donors (Lipinski definition) is 1. The molecule has 4 heteroatoms. The first-order valence-electron chi connectivity index (χ1n) is 7.01. The fraction of sp³-hybridized carbons (Fsp3) is 0.375. The van der Waals surface area contributed by atoms with Crippen molar-refractivity contribution in [2.24, 2.45) is 0 Å². The topological polar surface area (TPSA) is 45.2 Å². The van der Waals surface area contributed by atoms with Crippen molar-refractivity contribution in [2.75, 3.05) is 18.9 Å². The van der Waals surface area contributed by atoms with E-state index in [2.05, 4.69) is 21.3 Å². The Labute approximate surface area is 118 Å². The van der Waals surface area contributed by atoms with Crippen LogP contribution < -0.4 is 5.32 Å². The molecule has 1 aromatic heterocycles. The number of benzene rings is 1. The SMILES string of the molecule is Cc1cc(NC(=O)[C@@H]2CCCN2C)c2ncccc2c1. The predicted molar refractivity (Wildman–Crippen MR) is 80.8 cm³/mol. The molecule has 0 saturated carbocycles. The Kier molecular flexibility index (Phi) is 3.40. The summed E-state index contributed by atoms with van der Waals surface area (Å²) in [5.74, 6) is 0.0718. The number of aryl methyl sites for hydroxylation is 1. The Morgan fingerprint density at radius 3 is 3.05 bits per heavy atom. The van der Waals surface area contributed by atoms with Crippen LogP contribution in [0.5, 0.6) is 0 Å². The smallest absolute Gasteiger partial charge is 0.241 e. The van der Waals surface area contributed by atoms with Gasteiger partial charge in [0.15, 0.2) is 0 Å². The lowest BCUT2D eigenvalue weighted by atomic mass is 10.1. The van der Waals surface area contributed by atoms with Crippen molar-refractivity contribution in [3.05, 3.63) is 36.0 Å². The summed E-state index contributed by atoms with van der Waals surface area (Å²) in [6.45, 7) is 3.02. The second-order valence-corrected chi connectivity index (χ2v) is 5.52. The zero-order valence-corrected chi connectivity index (χ0v) is 11.9. The molecule has 1 amide bonds. The summed E-state index contributed by atoms with van der Waals surface area (Å²) in [5.41, 5.74) is 2.79. The molecule has 1 atom stereocenters. The minimum absolute atomic E-state index is 0.0192. The van der Waals surface area contributed by atoms with E-state index in [9.17, 15) is 4.79 Å². The Morgan fingerprint density at radius 1 is 1.45 bits per heavy atom. The maximum Gasteiger partial charge on any atom is 0.241 e. The first-order chi connectivity index (χ1) is 9.65. The molecule has 4 nitrogen and oxygen atoms in total. The average Bonchev–Trinajstić information content (AvgIpc) is 2.85. The van der Waals surface area contributed by atoms with E-state index in [4.69, 9.17) is 0 Å². The van der Waals surface area contributed by atoms with E-state index in [1.807, 2.05) is 32.2 Å². The van der Waals surface area contributed by atoms with Crippen molar-refractivity contribution in [3.8, 4) is 0 Å². The van der Waals surface area contributed by atoms with Gasteiger partial charge in [-0.3, -0.25) is 14.7 Å². The van der Waals surface area contributed by atoms with Gasteiger partial charge in [-0.2, -0.15) is 0 Å². The lowest BCUT2D eigenvalue weighted by molar-refractivity contribution is -0.119. The van der Waals surface area contributed by atoms with Crippen molar-refractivity contribution >= 4 is 22.5 Å². The summed E-state index contributed by atoms with van der Waals surface area (Å²) in [5, 5.41) is 4.11. The Hall–Kier alpha value is -1.94. The molecular weight excluding hydrogens is 250 g/mol. The molecule has 1 N–H and O–H groups in total. The summed E-state index contributed by atoms with van der Waals surface area (Å²) in [6.07, 6.45) is 3.77. The fourth-order valence-electron chi connectivity index (χ4n) is 2.90. The summed E-state index contributed by atoms with van der Waals surface area (Å²) in [6, 6.07) is 7.99. The number of likely N-dealkylation sites (N-methyl/N-ethyl adjacent to an activating group) is 1. The molecule has 0 aliphatic carbocycles. The molecule has 1 saturated heterocycles. The highest BCUT2D eigenvalue weighted by Gasteiger charge is 2.28. The molecular formula is C16H19N3O. The molecule has 104 valence electrons. The number of amides is 1. The number of carbonyl (C=O) groups is 1. The molecule has 0 radical (unpaired) electrons. The van der Waals surface area contributed by atoms with E-state index >= 15 is 0 Å². The number of likely N-dealkylation sites (tertiary alicyclic amines) is 1. The zero-order valence-electron chi connectivity index (χ0n) is 11.9. The van der Waals surface area contributed by atoms with Gasteiger partial charge in [-0.15, -0.1) is 0 Å². The Balaban J connectivity index is 1.92. The van der Waals surface area contributed by atoms with Crippen LogP contribution in [-0.2, 0) is 4.79 Å². The molecule has 1 aromatic carbocycles. The van der Waals surface area contributed by atoms with Crippen LogP contribution in [-0.4, -0.2) is 35.4 Å². The number of anilines is 1. The number of hydrogen-bond acceptors (Lipinski definition) is 3. The van der Waals surface area contributed by atoms with Crippen molar-refractivity contribution < 1.29 is 4.79 Å². The van der Waals surface area contributed by atoms with Gasteiger partial charge in [-0.1, -0.05) is 6.07 Å². The van der Waals surface area contributed by atoms with Crippen LogP contribution in [0.1, 0.15) is 18.4 Å². The molecule has 1 fully saturated rings. The van der Waals surface area contributed by atoms with Gasteiger partial charge in [0.05, 0.1) is 17.2 Å². The van der Waals surface area contributed by atoms with Crippen LogP contribution in [0.2, 0.25) is 0 Å². The predicted octanol–water partition coefficient (Wildman–Crippen LogP) is 2.58. The van der Waals surface area contributed by atoms with E-state index in [1.165, 1.54) is 0 Å². The van der Waals surface area contributed by atoms with Crippen LogP contribution in [0.15, 0.2) is 30.5 Å². The molecule has 3 rings (SSSR count). The lowest BCUT2D eigenvalue weighted by Crippen LogP contribution is -2.37. The van der Waals surface area contributed by atoms with Gasteiger partial charge in [0.25, 0.3) is 0 Å². The Morgan fingerprint density at radius 2 is 2.30 bits per heavy atom. The third kappa shape index (κ3) is 2.39. The highest BCUT2D eigenvalue weighted by atomic mass is 16.2. The zero-order chi connectivity index (χ0) is 14.1. The summed E-state index contributed by atoms with van der Waals surface area (Å²) in [7, 11) is 2.00. The minimum Gasteiger partial charge on any atom is -0.323 e. The van der Waals surface area contributed by atoms with Crippen LogP contribution in [0.4, 0.5) is 5.69 Å². The summed E-state index contributed by atoms with van der Waals surface area (Å²) < 4.78 is 0. The molecule has 1 aliphatic heterocycles. The summed E-state index contributed by atoms with van der Waals surface area (Å²) in [4.78, 5) is 18.9. The molecule has 0 bridgehead atoms. The van der Waals surface area contributed by atoms with Crippen LogP contribution in [0.25, 0.3) is 10.9 Å². The fourth-order valence-corrected chi connectivity index (χ4v) is 2.90. The van der Waals surface area contributed by atoms with Crippen molar-refractivity contribution in [1.82, 2.24) is 9.88 Å². The quantitative estimate of drug-likeness (QED) is 0.911. The van der Waals surface area contributed by atoms with Gasteiger partial charge in [0.2, 0.25) is 5.91 Å². The number of nitrogens with zero attached hydrogens (tertiary/aromatic N) is 2. The molecule has 2 aromatic rings. The van der Waals surface area contributed by atoms with E-state index in [0.717, 1.165) is 41.5 Å². The van der Waals surface area contributed by atoms with Gasteiger partial charge in [-0.05, 0) is 57.1 Å². The molecule has 0 unspecified atom stereocenters. The highest BCUT2D eigenvalue weighted by Crippen LogP contribution is 2.24. The molecule has 2 heterocycles. The Bertz CT molecular complexity index is 653. The van der Waals surface area contributed by atoms with E-state index in [-0.39, 0.29) is 11.9 Å². The normalized spacial score (nSPS) is 19.4. The largest absolute Gasteiger partial charge is 0.323 e. The van der Waals surface area contributed by atoms with E-state index in [0.29, 0.717) is 0 Å². The summed E-state index contributed by atoms with van der Waals surface area (Å²) >= 11 is 0. The number of fused-ring (bicyclic) bond motifs is 1. The van der Waals surface area contributed by atoms with Gasteiger partial charge in [0.1, 0.15) is 0 Å². The monoisotopic (exact) mass is 269 g/mol. The van der Waals surface area contributed by atoms with Crippen molar-refractivity contribution in [1.29, 1.82) is 0 Å². The third-order valence-corrected chi connectivity index (χ3v) is 3.93. The van der Waals surface area contributed by atoms with Gasteiger partial charge in [-0.25, -0.2) is 0 Å². The number of aromatic nitrogens is 1. The third-order valence-electron chi connectivity index (χ3n) is 3.93. The van der Waals surface area contributed by atoms with Crippen molar-refractivity contribution in [2.45, 2.75) is 25.8 Å². The average molecular weight is 269 g/mol. The standard InChI is InChI=1S/C16H19N3O/c1-11-9-12-5-3-7-17-15(12)13(10-11)18-16(20)14-6-4-8-19(14)2/h3,5,7,9-10,14H,4,6,8H2,1-2H3,(H,18,20)/t14-/m0/s1. The maximum atomic E-state index is 12.4. The van der Waals surface area contributed by atoms with E-state index < -0.39 is 0 Å². The maximum absolute atomic E-state index is 12.4. The van der Waals surface area contributed by atoms with Gasteiger partial charge in [0, 0.05) is 11.6 Å². The number of nitrogens with one attached hydrogen (secondary N) is 1. The van der Waals surface area contributed by atoms with Crippen LogP contribution in [0, 0.1) is 6.92 Å². The van der Waals surface area contributed by atoms with Crippen LogP contribution in [0.3, 0.4) is 0 Å².